The van der Waals surface area contributed by atoms with E-state index in [1.807, 2.05) is 0 Å². The molecule has 0 bridgehead atoms. The molecule has 0 aliphatic heterocycles. The van der Waals surface area contributed by atoms with Crippen molar-refractivity contribution < 1.29 is 4.79 Å². The molecule has 0 aromatic carbocycles. The predicted octanol–water partition coefficient (Wildman–Crippen LogP) is 1.37. The zero-order valence-electron chi connectivity index (χ0n) is 6.81. The molecular weight excluding hydrogens is 126 g/mol. The maximum atomic E-state index is 10.7. The maximum Gasteiger partial charge on any atom is 0.220 e. The highest BCUT2D eigenvalue weighted by atomic mass is 16.1. The van der Waals surface area contributed by atoms with Gasteiger partial charge in [-0.1, -0.05) is 20.3 Å². The van der Waals surface area contributed by atoms with Crippen molar-refractivity contribution >= 4 is 5.91 Å². The summed E-state index contributed by atoms with van der Waals surface area (Å²) in [6.07, 6.45) is 1.45. The summed E-state index contributed by atoms with van der Waals surface area (Å²) in [6.45, 7) is 8.49. The van der Waals surface area contributed by atoms with Gasteiger partial charge in [-0.2, -0.15) is 0 Å². The summed E-state index contributed by atoms with van der Waals surface area (Å²) in [7, 11) is 0. The molecule has 2 heteroatoms. The molecule has 1 radical (unpaired) electrons. The van der Waals surface area contributed by atoms with Crippen LogP contribution in [-0.4, -0.2) is 12.5 Å². The Balaban J connectivity index is 3.26. The lowest BCUT2D eigenvalue weighted by Gasteiger charge is -2.08. The van der Waals surface area contributed by atoms with E-state index >= 15 is 0 Å². The average Bonchev–Trinajstić information content (AvgIpc) is 1.99. The van der Waals surface area contributed by atoms with Gasteiger partial charge in [0.1, 0.15) is 0 Å². The highest BCUT2D eigenvalue weighted by Crippen LogP contribution is 1.96. The van der Waals surface area contributed by atoms with E-state index in [2.05, 4.69) is 26.1 Å². The van der Waals surface area contributed by atoms with Gasteiger partial charge in [-0.25, -0.2) is 0 Å². The summed E-state index contributed by atoms with van der Waals surface area (Å²) in [5.74, 6) is 0.621. The van der Waals surface area contributed by atoms with Crippen LogP contribution in [0.3, 0.4) is 0 Å². The molecule has 10 heavy (non-hydrogen) atoms. The van der Waals surface area contributed by atoms with Gasteiger partial charge < -0.3 is 5.32 Å². The molecule has 0 aromatic heterocycles. The highest BCUT2D eigenvalue weighted by Gasteiger charge is 1.99. The Hall–Kier alpha value is -0.530. The van der Waals surface area contributed by atoms with E-state index in [-0.39, 0.29) is 5.91 Å². The third kappa shape index (κ3) is 4.36. The van der Waals surface area contributed by atoms with Gasteiger partial charge in [0, 0.05) is 13.0 Å². The van der Waals surface area contributed by atoms with Crippen LogP contribution in [0, 0.1) is 12.8 Å². The Morgan fingerprint density at radius 2 is 2.30 bits per heavy atom. The number of nitrogens with one attached hydrogen (secondary N) is 1. The van der Waals surface area contributed by atoms with E-state index in [9.17, 15) is 4.79 Å². The maximum absolute atomic E-state index is 10.7. The minimum atomic E-state index is 0.0419. The van der Waals surface area contributed by atoms with Crippen LogP contribution in [0.2, 0.25) is 0 Å². The standard InChI is InChI=1S/C8H16NO/c1-4-7(3)6-9-8(10)5-2/h7H,2,4-6H2,1,3H3,(H,9,10). The molecule has 0 heterocycles. The fourth-order valence-corrected chi connectivity index (χ4v) is 0.521. The Kier molecular flexibility index (Phi) is 4.99. The Labute approximate surface area is 63.0 Å². The number of rotatable bonds is 4. The lowest BCUT2D eigenvalue weighted by Crippen LogP contribution is -2.27. The van der Waals surface area contributed by atoms with E-state index in [0.29, 0.717) is 12.3 Å². The van der Waals surface area contributed by atoms with Crippen molar-refractivity contribution in [1.29, 1.82) is 0 Å². The van der Waals surface area contributed by atoms with E-state index in [4.69, 9.17) is 0 Å². The summed E-state index contributed by atoms with van der Waals surface area (Å²) in [6, 6.07) is 0. The van der Waals surface area contributed by atoms with Gasteiger partial charge in [-0.15, -0.1) is 0 Å². The van der Waals surface area contributed by atoms with Gasteiger partial charge in [0.15, 0.2) is 0 Å². The zero-order chi connectivity index (χ0) is 7.98. The molecule has 0 aliphatic rings. The third-order valence-corrected chi connectivity index (χ3v) is 1.57. The summed E-state index contributed by atoms with van der Waals surface area (Å²) in [4.78, 5) is 10.7. The first-order valence-corrected chi connectivity index (χ1v) is 3.76. The zero-order valence-corrected chi connectivity index (χ0v) is 6.81. The van der Waals surface area contributed by atoms with Crippen molar-refractivity contribution in [3.05, 3.63) is 6.92 Å². The minimum Gasteiger partial charge on any atom is -0.356 e. The minimum absolute atomic E-state index is 0.0419. The molecule has 0 spiro atoms. The van der Waals surface area contributed by atoms with Crippen LogP contribution in [-0.2, 0) is 4.79 Å². The van der Waals surface area contributed by atoms with E-state index in [1.165, 1.54) is 0 Å². The Morgan fingerprint density at radius 1 is 1.70 bits per heavy atom. The van der Waals surface area contributed by atoms with Gasteiger partial charge in [0.05, 0.1) is 0 Å². The van der Waals surface area contributed by atoms with Gasteiger partial charge in [0.25, 0.3) is 0 Å². The second-order valence-corrected chi connectivity index (χ2v) is 2.57. The van der Waals surface area contributed by atoms with E-state index < -0.39 is 0 Å². The fraction of sp³-hybridized carbons (Fsp3) is 0.750. The second-order valence-electron chi connectivity index (χ2n) is 2.57. The summed E-state index contributed by atoms with van der Waals surface area (Å²) < 4.78 is 0. The summed E-state index contributed by atoms with van der Waals surface area (Å²) >= 11 is 0. The molecule has 0 aliphatic carbocycles. The van der Waals surface area contributed by atoms with Crippen LogP contribution in [0.4, 0.5) is 0 Å². The van der Waals surface area contributed by atoms with Crippen molar-refractivity contribution in [2.75, 3.05) is 6.54 Å². The summed E-state index contributed by atoms with van der Waals surface area (Å²) in [5.41, 5.74) is 0. The SMILES string of the molecule is [CH2]CC(=O)NCC(C)CC. The van der Waals surface area contributed by atoms with Crippen LogP contribution in [0.15, 0.2) is 0 Å². The second kappa shape index (κ2) is 5.27. The van der Waals surface area contributed by atoms with Gasteiger partial charge in [-0.3, -0.25) is 4.79 Å². The highest BCUT2D eigenvalue weighted by molar-refractivity contribution is 5.76. The number of hydrogen-bond donors (Lipinski definition) is 1. The van der Waals surface area contributed by atoms with Crippen molar-refractivity contribution in [3.8, 4) is 0 Å². The van der Waals surface area contributed by atoms with Crippen LogP contribution >= 0.6 is 0 Å². The molecule has 2 nitrogen and oxygen atoms in total. The monoisotopic (exact) mass is 142 g/mol. The van der Waals surface area contributed by atoms with Crippen molar-refractivity contribution in [2.24, 2.45) is 5.92 Å². The third-order valence-electron chi connectivity index (χ3n) is 1.57. The average molecular weight is 142 g/mol. The number of carbonyl (C=O) groups is 1. The molecular formula is C8H16NO. The fourth-order valence-electron chi connectivity index (χ4n) is 0.521. The Bertz CT molecular complexity index is 101. The number of hydrogen-bond acceptors (Lipinski definition) is 1. The summed E-state index contributed by atoms with van der Waals surface area (Å²) in [5, 5.41) is 2.78. The first-order chi connectivity index (χ1) is 4.70. The molecule has 0 aromatic rings. The molecule has 0 rings (SSSR count). The van der Waals surface area contributed by atoms with Gasteiger partial charge >= 0.3 is 0 Å². The lowest BCUT2D eigenvalue weighted by molar-refractivity contribution is -0.120. The van der Waals surface area contributed by atoms with Crippen molar-refractivity contribution in [1.82, 2.24) is 5.32 Å². The van der Waals surface area contributed by atoms with Crippen LogP contribution in [0.5, 0.6) is 0 Å². The molecule has 0 saturated carbocycles. The quantitative estimate of drug-likeness (QED) is 0.631. The van der Waals surface area contributed by atoms with Crippen molar-refractivity contribution in [2.45, 2.75) is 26.7 Å². The van der Waals surface area contributed by atoms with E-state index in [0.717, 1.165) is 13.0 Å². The van der Waals surface area contributed by atoms with Crippen LogP contribution < -0.4 is 5.32 Å². The smallest absolute Gasteiger partial charge is 0.220 e. The predicted molar refractivity (Wildman–Crippen MR) is 42.4 cm³/mol. The van der Waals surface area contributed by atoms with Crippen LogP contribution in [0.25, 0.3) is 0 Å². The molecule has 59 valence electrons. The van der Waals surface area contributed by atoms with E-state index in [1.54, 1.807) is 0 Å². The first kappa shape index (κ1) is 9.47. The number of carbonyl (C=O) groups excluding carboxylic acids is 1. The lowest BCUT2D eigenvalue weighted by atomic mass is 10.1. The van der Waals surface area contributed by atoms with Crippen molar-refractivity contribution in [3.63, 3.8) is 0 Å². The molecule has 1 atom stereocenters. The van der Waals surface area contributed by atoms with Gasteiger partial charge in [-0.05, 0) is 12.8 Å². The van der Waals surface area contributed by atoms with Crippen LogP contribution in [0.1, 0.15) is 26.7 Å². The molecule has 0 saturated heterocycles. The molecule has 1 amide bonds. The van der Waals surface area contributed by atoms with Gasteiger partial charge in [0.2, 0.25) is 5.91 Å². The number of amides is 1. The molecule has 0 fully saturated rings. The molecule has 1 N–H and O–H groups in total. The topological polar surface area (TPSA) is 29.1 Å². The largest absolute Gasteiger partial charge is 0.356 e. The first-order valence-electron chi connectivity index (χ1n) is 3.76. The Morgan fingerprint density at radius 3 is 2.70 bits per heavy atom. The molecule has 1 unspecified atom stereocenters. The normalized spacial score (nSPS) is 12.7.